The first-order valence-corrected chi connectivity index (χ1v) is 7.21. The molecule has 0 aliphatic rings. The number of carbonyl (C=O) groups excluding carboxylic acids is 1. The smallest absolute Gasteiger partial charge is 0.309 e. The van der Waals surface area contributed by atoms with Crippen LogP contribution in [0.15, 0.2) is 18.3 Å². The molecule has 0 aromatic carbocycles. The monoisotopic (exact) mass is 293 g/mol. The van der Waals surface area contributed by atoms with Crippen LogP contribution in [-0.2, 0) is 16.0 Å². The highest BCUT2D eigenvalue weighted by molar-refractivity contribution is 5.90. The van der Waals surface area contributed by atoms with Gasteiger partial charge in [0.25, 0.3) is 0 Å². The van der Waals surface area contributed by atoms with Gasteiger partial charge in [-0.25, -0.2) is 0 Å². The molecule has 6 heteroatoms. The molecule has 0 radical (unpaired) electrons. The van der Waals surface area contributed by atoms with Gasteiger partial charge >= 0.3 is 5.97 Å². The molecule has 0 aliphatic carbocycles. The maximum atomic E-state index is 11.8. The minimum Gasteiger partial charge on any atom is -0.481 e. The van der Waals surface area contributed by atoms with Gasteiger partial charge in [-0.1, -0.05) is 13.3 Å². The van der Waals surface area contributed by atoms with Crippen LogP contribution in [0.2, 0.25) is 0 Å². The fourth-order valence-corrected chi connectivity index (χ4v) is 2.10. The Morgan fingerprint density at radius 3 is 2.67 bits per heavy atom. The van der Waals surface area contributed by atoms with E-state index in [4.69, 9.17) is 10.8 Å². The van der Waals surface area contributed by atoms with Crippen molar-refractivity contribution in [1.29, 1.82) is 0 Å². The van der Waals surface area contributed by atoms with E-state index in [0.29, 0.717) is 30.3 Å². The van der Waals surface area contributed by atoms with Crippen molar-refractivity contribution in [3.63, 3.8) is 0 Å². The Hall–Kier alpha value is -1.95. The highest BCUT2D eigenvalue weighted by Crippen LogP contribution is 2.15. The maximum absolute atomic E-state index is 11.8. The minimum atomic E-state index is -0.926. The van der Waals surface area contributed by atoms with Crippen LogP contribution in [0.1, 0.15) is 38.3 Å². The van der Waals surface area contributed by atoms with E-state index in [0.717, 1.165) is 19.3 Å². The van der Waals surface area contributed by atoms with Crippen molar-refractivity contribution in [2.24, 2.45) is 11.7 Å². The molecular formula is C15H23N3O3. The second-order valence-electron chi connectivity index (χ2n) is 5.05. The molecule has 0 fully saturated rings. The highest BCUT2D eigenvalue weighted by atomic mass is 16.4. The molecule has 1 atom stereocenters. The van der Waals surface area contributed by atoms with Crippen LogP contribution in [0.25, 0.3) is 0 Å². The molecule has 4 N–H and O–H groups in total. The van der Waals surface area contributed by atoms with Crippen molar-refractivity contribution in [3.05, 3.63) is 24.0 Å². The van der Waals surface area contributed by atoms with Crippen LogP contribution in [-0.4, -0.2) is 28.5 Å². The predicted molar refractivity (Wildman–Crippen MR) is 80.9 cm³/mol. The molecule has 1 unspecified atom stereocenters. The van der Waals surface area contributed by atoms with Crippen LogP contribution >= 0.6 is 0 Å². The molecule has 1 aromatic heterocycles. The maximum Gasteiger partial charge on any atom is 0.309 e. The average molecular weight is 293 g/mol. The summed E-state index contributed by atoms with van der Waals surface area (Å²) in [5, 5.41) is 11.4. The third kappa shape index (κ3) is 6.85. The Labute approximate surface area is 124 Å². The number of nitrogens with two attached hydrogens (primary N) is 1. The first-order chi connectivity index (χ1) is 10.0. The van der Waals surface area contributed by atoms with Gasteiger partial charge in [0.05, 0.1) is 24.0 Å². The van der Waals surface area contributed by atoms with Crippen molar-refractivity contribution >= 4 is 17.6 Å². The molecule has 116 valence electrons. The van der Waals surface area contributed by atoms with Gasteiger partial charge < -0.3 is 16.2 Å². The Bertz CT molecular complexity index is 460. The van der Waals surface area contributed by atoms with E-state index in [1.807, 2.05) is 0 Å². The molecule has 0 bridgehead atoms. The van der Waals surface area contributed by atoms with Gasteiger partial charge in [0.1, 0.15) is 0 Å². The zero-order chi connectivity index (χ0) is 15.7. The number of carboxylic acids is 1. The van der Waals surface area contributed by atoms with Crippen molar-refractivity contribution in [2.45, 2.75) is 39.0 Å². The van der Waals surface area contributed by atoms with Gasteiger partial charge in [-0.05, 0) is 37.4 Å². The lowest BCUT2D eigenvalue weighted by atomic mass is 9.96. The van der Waals surface area contributed by atoms with Gasteiger partial charge in [-0.2, -0.15) is 0 Å². The normalized spacial score (nSPS) is 11.9. The van der Waals surface area contributed by atoms with Crippen molar-refractivity contribution < 1.29 is 14.7 Å². The molecule has 1 amide bonds. The molecule has 1 heterocycles. The van der Waals surface area contributed by atoms with E-state index in [2.05, 4.69) is 17.2 Å². The van der Waals surface area contributed by atoms with Crippen LogP contribution in [0, 0.1) is 5.92 Å². The number of carbonyl (C=O) groups is 2. The summed E-state index contributed by atoms with van der Waals surface area (Å²) < 4.78 is 0. The van der Waals surface area contributed by atoms with Gasteiger partial charge in [0.2, 0.25) is 5.91 Å². The number of pyridine rings is 1. The molecule has 0 saturated carbocycles. The molecule has 0 saturated heterocycles. The summed E-state index contributed by atoms with van der Waals surface area (Å²) in [6.45, 7) is 2.75. The Kier molecular flexibility index (Phi) is 7.39. The zero-order valence-corrected chi connectivity index (χ0v) is 12.3. The molecule has 1 aromatic rings. The van der Waals surface area contributed by atoms with Crippen molar-refractivity contribution in [3.8, 4) is 0 Å². The first kappa shape index (κ1) is 17.1. The summed E-state index contributed by atoms with van der Waals surface area (Å²) in [5.74, 6) is -0.500. The highest BCUT2D eigenvalue weighted by Gasteiger charge is 2.09. The number of aliphatic carboxylic acids is 1. The average Bonchev–Trinajstić information content (AvgIpc) is 2.45. The summed E-state index contributed by atoms with van der Waals surface area (Å²) in [6, 6.07) is 3.27. The molecule has 1 rings (SSSR count). The number of nitrogens with zero attached hydrogens (tertiary/aromatic N) is 1. The lowest BCUT2D eigenvalue weighted by Crippen LogP contribution is -2.15. The second kappa shape index (κ2) is 9.07. The number of carboxylic acid groups (broad SMARTS) is 1. The van der Waals surface area contributed by atoms with E-state index in [1.54, 1.807) is 12.1 Å². The second-order valence-corrected chi connectivity index (χ2v) is 5.05. The van der Waals surface area contributed by atoms with E-state index < -0.39 is 5.97 Å². The molecular weight excluding hydrogens is 270 g/mol. The Morgan fingerprint density at radius 2 is 2.14 bits per heavy atom. The third-order valence-electron chi connectivity index (χ3n) is 3.37. The largest absolute Gasteiger partial charge is 0.481 e. The number of anilines is 1. The fraction of sp³-hybridized carbons (Fsp3) is 0.533. The summed E-state index contributed by atoms with van der Waals surface area (Å²) in [4.78, 5) is 26.4. The number of rotatable bonds is 9. The van der Waals surface area contributed by atoms with E-state index in [-0.39, 0.29) is 12.3 Å². The SMILES string of the molecule is CCC(CCN)CCC(=O)Nc1ccc(CC(=O)O)nc1. The topological polar surface area (TPSA) is 105 Å². The van der Waals surface area contributed by atoms with Gasteiger partial charge in [0, 0.05) is 6.42 Å². The van der Waals surface area contributed by atoms with Crippen molar-refractivity contribution in [2.75, 3.05) is 11.9 Å². The standard InChI is InChI=1S/C15H23N3O3/c1-2-11(7-8-16)3-6-14(19)18-13-5-4-12(17-10-13)9-15(20)21/h4-5,10-11H,2-3,6-9,16H2,1H3,(H,18,19)(H,20,21). The lowest BCUT2D eigenvalue weighted by Gasteiger charge is -2.13. The number of hydrogen-bond acceptors (Lipinski definition) is 4. The van der Waals surface area contributed by atoms with Crippen LogP contribution in [0.5, 0.6) is 0 Å². The summed E-state index contributed by atoms with van der Waals surface area (Å²) >= 11 is 0. The number of aromatic nitrogens is 1. The lowest BCUT2D eigenvalue weighted by molar-refractivity contribution is -0.136. The van der Waals surface area contributed by atoms with E-state index >= 15 is 0 Å². The molecule has 0 spiro atoms. The zero-order valence-electron chi connectivity index (χ0n) is 12.3. The predicted octanol–water partition coefficient (Wildman–Crippen LogP) is 1.80. The van der Waals surface area contributed by atoms with Gasteiger partial charge in [-0.15, -0.1) is 0 Å². The quantitative estimate of drug-likeness (QED) is 0.644. The summed E-state index contributed by atoms with van der Waals surface area (Å²) in [7, 11) is 0. The number of amides is 1. The van der Waals surface area contributed by atoms with Crippen molar-refractivity contribution in [1.82, 2.24) is 4.98 Å². The summed E-state index contributed by atoms with van der Waals surface area (Å²) in [6.07, 6.45) is 4.60. The minimum absolute atomic E-state index is 0.0572. The summed E-state index contributed by atoms with van der Waals surface area (Å²) in [5.41, 5.74) is 6.58. The fourth-order valence-electron chi connectivity index (χ4n) is 2.10. The number of nitrogens with one attached hydrogen (secondary N) is 1. The van der Waals surface area contributed by atoms with Crippen LogP contribution in [0.4, 0.5) is 5.69 Å². The molecule has 0 aliphatic heterocycles. The number of hydrogen-bond donors (Lipinski definition) is 3. The Balaban J connectivity index is 2.42. The molecule has 21 heavy (non-hydrogen) atoms. The van der Waals surface area contributed by atoms with E-state index in [1.165, 1.54) is 6.20 Å². The van der Waals surface area contributed by atoms with Gasteiger partial charge in [-0.3, -0.25) is 14.6 Å². The Morgan fingerprint density at radius 1 is 1.38 bits per heavy atom. The van der Waals surface area contributed by atoms with Gasteiger partial charge in [0.15, 0.2) is 0 Å². The van der Waals surface area contributed by atoms with Crippen LogP contribution in [0.3, 0.4) is 0 Å². The first-order valence-electron chi connectivity index (χ1n) is 7.21. The van der Waals surface area contributed by atoms with Crippen LogP contribution < -0.4 is 11.1 Å². The van der Waals surface area contributed by atoms with E-state index in [9.17, 15) is 9.59 Å². The third-order valence-corrected chi connectivity index (χ3v) is 3.37. The molecule has 6 nitrogen and oxygen atoms in total.